The number of nitrogens with one attached hydrogen (secondary N) is 1. The predicted octanol–water partition coefficient (Wildman–Crippen LogP) is 0.346. The molecule has 6 heavy (non-hydrogen) atoms. The number of halogens is 1. The molecule has 0 aliphatic carbocycles. The first kappa shape index (κ1) is 4.09. The molecule has 1 radical (unpaired) electrons. The van der Waals surface area contributed by atoms with Gasteiger partial charge in [0.1, 0.15) is 11.8 Å². The lowest BCUT2D eigenvalue weighted by molar-refractivity contribution is 0.965. The molecule has 0 bridgehead atoms. The van der Waals surface area contributed by atoms with E-state index in [9.17, 15) is 0 Å². The lowest BCUT2D eigenvalue weighted by Gasteiger charge is -1.77. The summed E-state index contributed by atoms with van der Waals surface area (Å²) in [5, 5.41) is 3.45. The number of nitrogens with zero attached hydrogens (tertiary/aromatic N) is 1. The van der Waals surface area contributed by atoms with Crippen LogP contribution in [0.4, 0.5) is 0 Å². The fourth-order valence-corrected chi connectivity index (χ4v) is 0.417. The van der Waals surface area contributed by atoms with Crippen molar-refractivity contribution in [3.63, 3.8) is 0 Å². The third-order valence-corrected chi connectivity index (χ3v) is 0.775. The van der Waals surface area contributed by atoms with Gasteiger partial charge in [0.15, 0.2) is 0 Å². The number of hydrogen-bond acceptors (Lipinski definition) is 2. The maximum Gasteiger partial charge on any atom is 0.137 e. The Morgan fingerprint density at radius 1 is 2.00 bits per heavy atom. The van der Waals surface area contributed by atoms with E-state index in [4.69, 9.17) is 11.6 Å². The van der Waals surface area contributed by atoms with Crippen LogP contribution in [0.5, 0.6) is 0 Å². The molecule has 0 spiro atoms. The van der Waals surface area contributed by atoms with E-state index in [0.717, 1.165) is 0 Å². The van der Waals surface area contributed by atoms with Crippen LogP contribution in [0.1, 0.15) is 0 Å². The summed E-state index contributed by atoms with van der Waals surface area (Å²) in [5.74, 6) is 0. The summed E-state index contributed by atoms with van der Waals surface area (Å²) < 4.78 is 0. The molecule has 1 rings (SSSR count). The summed E-state index contributed by atoms with van der Waals surface area (Å²) >= 11 is 5.37. The van der Waals surface area contributed by atoms with Gasteiger partial charge in [-0.1, -0.05) is 11.6 Å². The van der Waals surface area contributed by atoms with Crippen molar-refractivity contribution in [2.24, 2.45) is 4.99 Å². The zero-order valence-corrected chi connectivity index (χ0v) is 3.87. The average molecular weight is 104 g/mol. The van der Waals surface area contributed by atoms with Gasteiger partial charge in [0.05, 0.1) is 6.54 Å². The van der Waals surface area contributed by atoms with Crippen LogP contribution in [0.3, 0.4) is 0 Å². The molecule has 2 nitrogen and oxygen atoms in total. The minimum atomic E-state index is 0.634. The molecule has 0 aromatic carbocycles. The maximum atomic E-state index is 5.37. The molecular formula is C3H4ClN2. The summed E-state index contributed by atoms with van der Waals surface area (Å²) in [4.78, 5) is 3.68. The summed E-state index contributed by atoms with van der Waals surface area (Å²) in [6.07, 6.45) is 0. The van der Waals surface area contributed by atoms with Crippen LogP contribution in [0.2, 0.25) is 0 Å². The fraction of sp³-hybridized carbons (Fsp3) is 0.333. The Bertz CT molecular complexity index is 78.9. The second kappa shape index (κ2) is 1.58. The zero-order chi connectivity index (χ0) is 4.41. The molecule has 0 unspecified atom stereocenters. The quantitative estimate of drug-likeness (QED) is 0.470. The first-order chi connectivity index (χ1) is 2.89. The lowest BCUT2D eigenvalue weighted by Crippen LogP contribution is -2.05. The van der Waals surface area contributed by atoms with Crippen molar-refractivity contribution in [3.8, 4) is 0 Å². The molecule has 33 valence electrons. The smallest absolute Gasteiger partial charge is 0.137 e. The number of hydrogen-bond donors (Lipinski definition) is 1. The van der Waals surface area contributed by atoms with Gasteiger partial charge in [0, 0.05) is 0 Å². The van der Waals surface area contributed by atoms with Crippen LogP contribution >= 0.6 is 11.6 Å². The molecule has 0 fully saturated rings. The molecule has 0 saturated heterocycles. The van der Waals surface area contributed by atoms with Crippen LogP contribution in [0.25, 0.3) is 0 Å². The van der Waals surface area contributed by atoms with Gasteiger partial charge < -0.3 is 0 Å². The molecule has 0 aromatic rings. The minimum absolute atomic E-state index is 0.634. The monoisotopic (exact) mass is 103 g/mol. The Kier molecular flexibility index (Phi) is 1.08. The summed E-state index contributed by atoms with van der Waals surface area (Å²) in [5.41, 5.74) is 0. The topological polar surface area (TPSA) is 24.4 Å². The molecule has 1 aliphatic rings. The second-order valence-electron chi connectivity index (χ2n) is 1.02. The van der Waals surface area contributed by atoms with E-state index < -0.39 is 0 Å². The van der Waals surface area contributed by atoms with Crippen molar-refractivity contribution in [1.29, 1.82) is 0 Å². The van der Waals surface area contributed by atoms with Crippen molar-refractivity contribution >= 4 is 16.8 Å². The normalized spacial score (nSPS) is 21.2. The highest BCUT2D eigenvalue weighted by Gasteiger charge is 1.98. The molecule has 1 heterocycles. The van der Waals surface area contributed by atoms with Gasteiger partial charge in [0.25, 0.3) is 0 Å². The van der Waals surface area contributed by atoms with E-state index in [-0.39, 0.29) is 0 Å². The Balaban J connectivity index is 2.45. The van der Waals surface area contributed by atoms with Crippen LogP contribution in [0, 0.1) is 6.67 Å². The lowest BCUT2D eigenvalue weighted by atomic mass is 10.7. The highest BCUT2D eigenvalue weighted by Crippen LogP contribution is 1.91. The Morgan fingerprint density at radius 2 is 2.83 bits per heavy atom. The van der Waals surface area contributed by atoms with Crippen LogP contribution < -0.4 is 5.32 Å². The van der Waals surface area contributed by atoms with Gasteiger partial charge >= 0.3 is 0 Å². The molecular weight excluding hydrogens is 99.5 g/mol. The first-order valence-electron chi connectivity index (χ1n) is 1.67. The Morgan fingerprint density at radius 3 is 3.00 bits per heavy atom. The highest BCUT2D eigenvalue weighted by atomic mass is 35.5. The largest absolute Gasteiger partial charge is 0.286 e. The van der Waals surface area contributed by atoms with Gasteiger partial charge in [-0.05, 0) is 0 Å². The van der Waals surface area contributed by atoms with E-state index >= 15 is 0 Å². The van der Waals surface area contributed by atoms with Crippen molar-refractivity contribution < 1.29 is 0 Å². The molecule has 0 aromatic heterocycles. The molecule has 0 amide bonds. The van der Waals surface area contributed by atoms with Crippen molar-refractivity contribution in [3.05, 3.63) is 6.67 Å². The highest BCUT2D eigenvalue weighted by molar-refractivity contribution is 6.66. The van der Waals surface area contributed by atoms with Crippen LogP contribution in [0.15, 0.2) is 4.99 Å². The number of rotatable bonds is 0. The summed E-state index contributed by atoms with van der Waals surface area (Å²) in [6, 6.07) is 0. The zero-order valence-electron chi connectivity index (χ0n) is 3.11. The average Bonchev–Trinajstić information content (AvgIpc) is 1.86. The van der Waals surface area contributed by atoms with E-state index in [1.54, 1.807) is 6.67 Å². The van der Waals surface area contributed by atoms with Gasteiger partial charge in [-0.25, -0.2) is 0 Å². The maximum absolute atomic E-state index is 5.37. The SMILES string of the molecule is ClC1=N[CH]NC1. The third-order valence-electron chi connectivity index (χ3n) is 0.544. The van der Waals surface area contributed by atoms with Gasteiger partial charge in [-0.3, -0.25) is 10.3 Å². The van der Waals surface area contributed by atoms with E-state index in [1.165, 1.54) is 0 Å². The molecule has 0 saturated carbocycles. The molecule has 0 atom stereocenters. The Labute approximate surface area is 41.2 Å². The van der Waals surface area contributed by atoms with E-state index in [2.05, 4.69) is 10.3 Å². The van der Waals surface area contributed by atoms with Crippen LogP contribution in [-0.4, -0.2) is 11.7 Å². The molecule has 1 N–H and O–H groups in total. The minimum Gasteiger partial charge on any atom is -0.286 e. The van der Waals surface area contributed by atoms with Gasteiger partial charge in [-0.2, -0.15) is 0 Å². The van der Waals surface area contributed by atoms with Crippen molar-refractivity contribution in [2.75, 3.05) is 6.54 Å². The summed E-state index contributed by atoms with van der Waals surface area (Å²) in [6.45, 7) is 2.28. The first-order valence-corrected chi connectivity index (χ1v) is 2.04. The van der Waals surface area contributed by atoms with Gasteiger partial charge in [0.2, 0.25) is 0 Å². The van der Waals surface area contributed by atoms with E-state index in [1.807, 2.05) is 0 Å². The molecule has 1 aliphatic heterocycles. The standard InChI is InChI=1S/C3H4ClN2/c4-3-1-5-2-6-3/h2,5H,1H2. The van der Waals surface area contributed by atoms with Crippen molar-refractivity contribution in [1.82, 2.24) is 5.32 Å². The molecule has 3 heteroatoms. The van der Waals surface area contributed by atoms with Crippen molar-refractivity contribution in [2.45, 2.75) is 0 Å². The third kappa shape index (κ3) is 0.698. The van der Waals surface area contributed by atoms with E-state index in [0.29, 0.717) is 11.7 Å². The second-order valence-corrected chi connectivity index (χ2v) is 1.45. The summed E-state index contributed by atoms with van der Waals surface area (Å²) in [7, 11) is 0. The number of aliphatic imine (C=N–C) groups is 1. The van der Waals surface area contributed by atoms with Gasteiger partial charge in [-0.15, -0.1) is 0 Å². The predicted molar refractivity (Wildman–Crippen MR) is 25.6 cm³/mol. The Hall–Kier alpha value is -0.0800. The van der Waals surface area contributed by atoms with Crippen LogP contribution in [-0.2, 0) is 0 Å². The fourth-order valence-electron chi connectivity index (χ4n) is 0.291.